The third-order valence-electron chi connectivity index (χ3n) is 12.2. The maximum absolute atomic E-state index is 12.6. The predicted octanol–water partition coefficient (Wildman–Crippen LogP) is 13.1. The van der Waals surface area contributed by atoms with Crippen LogP contribution >= 0.6 is 7.49 Å². The SMILES string of the molecule is O[PH](c1ccccc1)(c1ccccc1)c1ccc(-c2cc(-c3cccc(-c4ccc(-c5cccc6c(-c7ccccc7)nc7ccccc7c56)cc4)c3)nc(-c3ccccc3)n2)cc1. The summed E-state index contributed by atoms with van der Waals surface area (Å²) in [5.74, 6) is 0.652. The van der Waals surface area contributed by atoms with Gasteiger partial charge >= 0.3 is 241 Å². The summed E-state index contributed by atoms with van der Waals surface area (Å²) in [7, 11) is -3.26. The summed E-state index contributed by atoms with van der Waals surface area (Å²) in [5, 5.41) is 6.27. The molecule has 0 amide bonds. The molecule has 0 spiro atoms. The van der Waals surface area contributed by atoms with Crippen LogP contribution in [0.1, 0.15) is 0 Å². The first kappa shape index (κ1) is 39.0. The number of fused-ring (bicyclic) bond motifs is 3. The van der Waals surface area contributed by atoms with E-state index in [0.717, 1.165) is 88.2 Å². The van der Waals surface area contributed by atoms with Crippen molar-refractivity contribution < 1.29 is 4.89 Å². The fourth-order valence-corrected chi connectivity index (χ4v) is 12.0. The van der Waals surface area contributed by atoms with Crippen molar-refractivity contribution in [1.82, 2.24) is 15.0 Å². The Balaban J connectivity index is 0.962. The number of hydrogen-bond acceptors (Lipinski definition) is 4. The molecular weight excluding hydrogens is 798 g/mol. The van der Waals surface area contributed by atoms with Gasteiger partial charge in [0.1, 0.15) is 0 Å². The number of aromatic nitrogens is 3. The fraction of sp³-hybridized carbons (Fsp3) is 0. The van der Waals surface area contributed by atoms with E-state index in [-0.39, 0.29) is 0 Å². The van der Waals surface area contributed by atoms with Gasteiger partial charge < -0.3 is 0 Å². The Labute approximate surface area is 373 Å². The summed E-state index contributed by atoms with van der Waals surface area (Å²) in [5.41, 5.74) is 12.1. The zero-order chi connectivity index (χ0) is 42.9. The van der Waals surface area contributed by atoms with Crippen molar-refractivity contribution in [3.63, 3.8) is 0 Å². The minimum atomic E-state index is -3.26. The Bertz CT molecular complexity index is 3380. The average Bonchev–Trinajstić information content (AvgIpc) is 3.39. The zero-order valence-corrected chi connectivity index (χ0v) is 35.9. The van der Waals surface area contributed by atoms with Crippen molar-refractivity contribution in [3.05, 3.63) is 243 Å². The van der Waals surface area contributed by atoms with E-state index in [1.165, 1.54) is 10.9 Å². The molecule has 0 bridgehead atoms. The molecule has 2 aromatic heterocycles. The summed E-state index contributed by atoms with van der Waals surface area (Å²) in [6.07, 6.45) is 0. The van der Waals surface area contributed by atoms with E-state index >= 15 is 0 Å². The molecule has 4 nitrogen and oxygen atoms in total. The van der Waals surface area contributed by atoms with Gasteiger partial charge in [0.2, 0.25) is 0 Å². The number of pyridine rings is 1. The van der Waals surface area contributed by atoms with Gasteiger partial charge in [-0.25, -0.2) is 4.98 Å². The summed E-state index contributed by atoms with van der Waals surface area (Å²) >= 11 is 0. The van der Waals surface area contributed by atoms with Gasteiger partial charge in [0.15, 0.2) is 0 Å². The normalized spacial score (nSPS) is 11.8. The van der Waals surface area contributed by atoms with Crippen LogP contribution < -0.4 is 15.9 Å². The number of nitrogens with zero attached hydrogens (tertiary/aromatic N) is 3. The van der Waals surface area contributed by atoms with E-state index in [0.29, 0.717) is 5.82 Å². The van der Waals surface area contributed by atoms with Crippen LogP contribution in [0.3, 0.4) is 0 Å². The molecule has 0 radical (unpaired) electrons. The van der Waals surface area contributed by atoms with Crippen molar-refractivity contribution in [3.8, 4) is 67.4 Å². The maximum atomic E-state index is 12.6. The molecule has 0 saturated carbocycles. The molecule has 11 aromatic rings. The molecule has 0 fully saturated rings. The Kier molecular flexibility index (Phi) is 10.2. The van der Waals surface area contributed by atoms with Crippen LogP contribution in [0, 0.1) is 0 Å². The minimum absolute atomic E-state index is 0.652. The second kappa shape index (κ2) is 16.8. The topological polar surface area (TPSA) is 58.9 Å². The first-order valence-corrected chi connectivity index (χ1v) is 23.5. The standard InChI is InChI=1S/C59H42N3OP/c63-64(48-23-9-3-10-24-48,49-25-11-4-12-26-49)50-37-35-43(36-38-50)55-40-56(62-59(61-55)45-19-7-2-8-20-45)47-22-15-21-46(39-47)41-31-33-42(34-32-41)51-28-16-29-53-57(51)52-27-13-14-30-54(52)60-58(53)44-17-5-1-6-18-44/h1-40,63-64H. The average molecular weight is 840 g/mol. The van der Waals surface area contributed by atoms with E-state index in [2.05, 4.69) is 146 Å². The van der Waals surface area contributed by atoms with E-state index in [1.54, 1.807) is 0 Å². The molecule has 9 aromatic carbocycles. The van der Waals surface area contributed by atoms with Gasteiger partial charge in [-0.05, 0) is 17.2 Å². The number of benzene rings is 9. The second-order valence-corrected chi connectivity index (χ2v) is 19.2. The Morgan fingerprint density at radius 1 is 0.312 bits per heavy atom. The molecule has 0 unspecified atom stereocenters. The molecule has 304 valence electrons. The van der Waals surface area contributed by atoms with Gasteiger partial charge in [-0.3, -0.25) is 0 Å². The van der Waals surface area contributed by atoms with Gasteiger partial charge in [-0.1, -0.05) is 78.9 Å². The van der Waals surface area contributed by atoms with Gasteiger partial charge in [0.25, 0.3) is 0 Å². The molecular formula is C59H42N3OP. The quantitative estimate of drug-likeness (QED) is 0.116. The van der Waals surface area contributed by atoms with Gasteiger partial charge in [-0.15, -0.1) is 0 Å². The summed E-state index contributed by atoms with van der Waals surface area (Å²) < 4.78 is 0. The molecule has 64 heavy (non-hydrogen) atoms. The van der Waals surface area contributed by atoms with E-state index in [9.17, 15) is 4.89 Å². The van der Waals surface area contributed by atoms with Crippen LogP contribution in [-0.2, 0) is 0 Å². The first-order valence-electron chi connectivity index (χ1n) is 21.6. The zero-order valence-electron chi connectivity index (χ0n) is 34.9. The molecule has 2 heterocycles. The summed E-state index contributed by atoms with van der Waals surface area (Å²) in [6, 6.07) is 83.5. The van der Waals surface area contributed by atoms with Crippen LogP contribution in [0.2, 0.25) is 0 Å². The van der Waals surface area contributed by atoms with E-state index < -0.39 is 7.49 Å². The van der Waals surface area contributed by atoms with Gasteiger partial charge in [0.05, 0.1) is 11.2 Å². The molecule has 0 saturated heterocycles. The van der Waals surface area contributed by atoms with Crippen molar-refractivity contribution >= 4 is 45.1 Å². The van der Waals surface area contributed by atoms with Crippen molar-refractivity contribution in [2.24, 2.45) is 0 Å². The first-order chi connectivity index (χ1) is 31.6. The molecule has 11 rings (SSSR count). The van der Waals surface area contributed by atoms with Crippen molar-refractivity contribution in [2.45, 2.75) is 0 Å². The molecule has 0 aliphatic carbocycles. The monoisotopic (exact) mass is 839 g/mol. The Morgan fingerprint density at radius 2 is 0.797 bits per heavy atom. The van der Waals surface area contributed by atoms with Crippen molar-refractivity contribution in [1.29, 1.82) is 0 Å². The van der Waals surface area contributed by atoms with Crippen LogP contribution in [-0.4, -0.2) is 19.8 Å². The molecule has 0 aliphatic heterocycles. The van der Waals surface area contributed by atoms with Crippen LogP contribution in [0.5, 0.6) is 0 Å². The van der Waals surface area contributed by atoms with Crippen LogP contribution in [0.25, 0.3) is 89.1 Å². The third kappa shape index (κ3) is 7.25. The van der Waals surface area contributed by atoms with Crippen LogP contribution in [0.4, 0.5) is 0 Å². The summed E-state index contributed by atoms with van der Waals surface area (Å²) in [4.78, 5) is 28.0. The fourth-order valence-electron chi connectivity index (χ4n) is 8.96. The predicted molar refractivity (Wildman–Crippen MR) is 270 cm³/mol. The Morgan fingerprint density at radius 3 is 1.47 bits per heavy atom. The second-order valence-electron chi connectivity index (χ2n) is 16.1. The molecule has 5 heteroatoms. The third-order valence-corrected chi connectivity index (χ3v) is 15.7. The number of hydrogen-bond donors (Lipinski definition) is 1. The number of rotatable bonds is 9. The molecule has 1 N–H and O–H groups in total. The van der Waals surface area contributed by atoms with E-state index in [4.69, 9.17) is 15.0 Å². The molecule has 0 atom stereocenters. The van der Waals surface area contributed by atoms with Crippen LogP contribution in [0.15, 0.2) is 243 Å². The Hall–Kier alpha value is -7.88. The van der Waals surface area contributed by atoms with Crippen molar-refractivity contribution in [2.75, 3.05) is 0 Å². The van der Waals surface area contributed by atoms with Gasteiger partial charge in [-0.2, -0.15) is 0 Å². The molecule has 0 aliphatic rings. The van der Waals surface area contributed by atoms with E-state index in [1.807, 2.05) is 97.1 Å². The summed E-state index contributed by atoms with van der Waals surface area (Å²) in [6.45, 7) is 0. The van der Waals surface area contributed by atoms with Gasteiger partial charge in [0, 0.05) is 21.7 Å². The number of para-hydroxylation sites is 1.